The summed E-state index contributed by atoms with van der Waals surface area (Å²) in [7, 11) is 0. The van der Waals surface area contributed by atoms with Crippen LogP contribution in [0.15, 0.2) is 4.99 Å². The third-order valence-corrected chi connectivity index (χ3v) is 3.08. The number of hydrogen-bond acceptors (Lipinski definition) is 4. The average Bonchev–Trinajstić information content (AvgIpc) is 2.53. The molecule has 3 nitrogen and oxygen atoms in total. The molecule has 14 heavy (non-hydrogen) atoms. The summed E-state index contributed by atoms with van der Waals surface area (Å²) >= 11 is 1.86. The highest BCUT2D eigenvalue weighted by Gasteiger charge is 2.16. The van der Waals surface area contributed by atoms with Crippen LogP contribution < -0.4 is 10.6 Å². The number of aliphatic imine (C=N–C) groups is 1. The van der Waals surface area contributed by atoms with Crippen molar-refractivity contribution >= 4 is 17.7 Å². The molecule has 0 spiro atoms. The first-order valence-electron chi connectivity index (χ1n) is 5.32. The monoisotopic (exact) mass is 215 g/mol. The normalized spacial score (nSPS) is 22.8. The molecular weight excluding hydrogens is 194 g/mol. The van der Waals surface area contributed by atoms with E-state index in [9.17, 15) is 0 Å². The van der Waals surface area contributed by atoms with Crippen LogP contribution in [0.1, 0.15) is 26.7 Å². The molecule has 1 aliphatic heterocycles. The highest BCUT2D eigenvalue weighted by Crippen LogP contribution is 2.03. The summed E-state index contributed by atoms with van der Waals surface area (Å²) < 4.78 is 0. The molecule has 0 amide bonds. The molecule has 0 aromatic carbocycles. The van der Waals surface area contributed by atoms with Crippen LogP contribution in [0.4, 0.5) is 0 Å². The maximum absolute atomic E-state index is 4.44. The fourth-order valence-electron chi connectivity index (χ4n) is 1.61. The number of rotatable bonds is 5. The Balaban J connectivity index is 2.21. The first kappa shape index (κ1) is 11.7. The Morgan fingerprint density at radius 1 is 1.71 bits per heavy atom. The summed E-state index contributed by atoms with van der Waals surface area (Å²) in [6.07, 6.45) is 4.56. The topological polar surface area (TPSA) is 36.4 Å². The third kappa shape index (κ3) is 3.78. The lowest BCUT2D eigenvalue weighted by Crippen LogP contribution is -2.43. The van der Waals surface area contributed by atoms with Gasteiger partial charge in [0.15, 0.2) is 5.96 Å². The van der Waals surface area contributed by atoms with Crippen molar-refractivity contribution < 1.29 is 0 Å². The molecule has 0 radical (unpaired) electrons. The van der Waals surface area contributed by atoms with Crippen LogP contribution in [-0.4, -0.2) is 36.6 Å². The Morgan fingerprint density at radius 2 is 2.50 bits per heavy atom. The minimum Gasteiger partial charge on any atom is -0.353 e. The molecule has 0 aromatic rings. The van der Waals surface area contributed by atoms with Crippen LogP contribution in [0.3, 0.4) is 0 Å². The summed E-state index contributed by atoms with van der Waals surface area (Å²) in [5.41, 5.74) is 0. The maximum Gasteiger partial charge on any atom is 0.191 e. The van der Waals surface area contributed by atoms with E-state index in [1.54, 1.807) is 0 Å². The Morgan fingerprint density at radius 3 is 3.14 bits per heavy atom. The molecule has 4 heteroatoms. The molecule has 1 rings (SSSR count). The van der Waals surface area contributed by atoms with Gasteiger partial charge < -0.3 is 10.6 Å². The van der Waals surface area contributed by atoms with Crippen LogP contribution in [-0.2, 0) is 0 Å². The third-order valence-electron chi connectivity index (χ3n) is 2.25. The summed E-state index contributed by atoms with van der Waals surface area (Å²) in [6, 6.07) is 1.06. The zero-order valence-electron chi connectivity index (χ0n) is 9.34. The number of thioether (sulfide) groups is 1. The number of hydrogen-bond donors (Lipinski definition) is 2. The summed E-state index contributed by atoms with van der Waals surface area (Å²) in [4.78, 5) is 4.44. The zero-order valence-corrected chi connectivity index (χ0v) is 10.2. The van der Waals surface area contributed by atoms with Gasteiger partial charge in [-0.1, -0.05) is 13.3 Å². The average molecular weight is 215 g/mol. The number of guanidine groups is 1. The highest BCUT2D eigenvalue weighted by molar-refractivity contribution is 7.98. The largest absolute Gasteiger partial charge is 0.353 e. The smallest absolute Gasteiger partial charge is 0.191 e. The van der Waals surface area contributed by atoms with Crippen LogP contribution in [0.2, 0.25) is 0 Å². The van der Waals surface area contributed by atoms with Crippen LogP contribution in [0.25, 0.3) is 0 Å². The predicted molar refractivity (Wildman–Crippen MR) is 65.1 cm³/mol. The number of nitrogens with one attached hydrogen (secondary N) is 2. The lowest BCUT2D eigenvalue weighted by atomic mass is 10.2. The molecule has 2 unspecified atom stereocenters. The SMILES string of the molecule is CCCC1CN=C(NC(C)CSC)N1. The second kappa shape index (κ2) is 6.17. The molecule has 0 bridgehead atoms. The van der Waals surface area contributed by atoms with Crippen LogP contribution >= 0.6 is 11.8 Å². The van der Waals surface area contributed by atoms with Gasteiger partial charge in [0.25, 0.3) is 0 Å². The van der Waals surface area contributed by atoms with E-state index in [0.717, 1.165) is 18.3 Å². The van der Waals surface area contributed by atoms with Gasteiger partial charge in [-0.05, 0) is 19.6 Å². The second-order valence-corrected chi connectivity index (χ2v) is 4.73. The van der Waals surface area contributed by atoms with E-state index in [0.29, 0.717) is 12.1 Å². The van der Waals surface area contributed by atoms with E-state index in [4.69, 9.17) is 0 Å². The molecule has 2 atom stereocenters. The molecule has 1 heterocycles. The summed E-state index contributed by atoms with van der Waals surface area (Å²) in [5.74, 6) is 2.11. The van der Waals surface area contributed by atoms with Gasteiger partial charge in [0, 0.05) is 17.8 Å². The minimum absolute atomic E-state index is 0.497. The van der Waals surface area contributed by atoms with Gasteiger partial charge in [-0.15, -0.1) is 0 Å². The summed E-state index contributed by atoms with van der Waals surface area (Å²) in [5, 5.41) is 6.80. The Hall–Kier alpha value is -0.380. The molecule has 0 saturated carbocycles. The fraction of sp³-hybridized carbons (Fsp3) is 0.900. The molecule has 82 valence electrons. The molecule has 0 aliphatic carbocycles. The Labute approximate surface area is 91.1 Å². The molecule has 2 N–H and O–H groups in total. The Bertz CT molecular complexity index is 194. The zero-order chi connectivity index (χ0) is 10.4. The van der Waals surface area contributed by atoms with Gasteiger partial charge in [-0.2, -0.15) is 11.8 Å². The molecule has 0 saturated heterocycles. The van der Waals surface area contributed by atoms with Gasteiger partial charge >= 0.3 is 0 Å². The second-order valence-electron chi connectivity index (χ2n) is 3.82. The quantitative estimate of drug-likeness (QED) is 0.729. The van der Waals surface area contributed by atoms with Crippen LogP contribution in [0.5, 0.6) is 0 Å². The number of nitrogens with zero attached hydrogens (tertiary/aromatic N) is 1. The van der Waals surface area contributed by atoms with E-state index in [1.165, 1.54) is 12.8 Å². The minimum atomic E-state index is 0.497. The summed E-state index contributed by atoms with van der Waals surface area (Å²) in [6.45, 7) is 5.33. The molecule has 0 aromatic heterocycles. The van der Waals surface area contributed by atoms with E-state index < -0.39 is 0 Å². The van der Waals surface area contributed by atoms with E-state index >= 15 is 0 Å². The van der Waals surface area contributed by atoms with E-state index in [1.807, 2.05) is 11.8 Å². The van der Waals surface area contributed by atoms with Crippen molar-refractivity contribution in [3.63, 3.8) is 0 Å². The van der Waals surface area contributed by atoms with Crippen molar-refractivity contribution in [2.24, 2.45) is 4.99 Å². The molecular formula is C10H21N3S. The predicted octanol–water partition coefficient (Wildman–Crippen LogP) is 1.46. The highest BCUT2D eigenvalue weighted by atomic mass is 32.2. The van der Waals surface area contributed by atoms with Gasteiger partial charge in [0.1, 0.15) is 0 Å². The van der Waals surface area contributed by atoms with Crippen molar-refractivity contribution in [3.05, 3.63) is 0 Å². The van der Waals surface area contributed by atoms with Crippen LogP contribution in [0, 0.1) is 0 Å². The maximum atomic E-state index is 4.44. The van der Waals surface area contributed by atoms with Gasteiger partial charge in [-0.25, -0.2) is 0 Å². The molecule has 1 aliphatic rings. The van der Waals surface area contributed by atoms with E-state index in [2.05, 4.69) is 35.7 Å². The Kier molecular flexibility index (Phi) is 5.15. The van der Waals surface area contributed by atoms with Crippen molar-refractivity contribution in [2.45, 2.75) is 38.8 Å². The van der Waals surface area contributed by atoms with E-state index in [-0.39, 0.29) is 0 Å². The molecule has 0 fully saturated rings. The lowest BCUT2D eigenvalue weighted by Gasteiger charge is -2.15. The van der Waals surface area contributed by atoms with Crippen molar-refractivity contribution in [1.29, 1.82) is 0 Å². The van der Waals surface area contributed by atoms with Crippen molar-refractivity contribution in [1.82, 2.24) is 10.6 Å². The first-order chi connectivity index (χ1) is 6.76. The van der Waals surface area contributed by atoms with Gasteiger partial charge in [-0.3, -0.25) is 4.99 Å². The first-order valence-corrected chi connectivity index (χ1v) is 6.72. The lowest BCUT2D eigenvalue weighted by molar-refractivity contribution is 0.584. The fourth-order valence-corrected chi connectivity index (χ4v) is 2.19. The van der Waals surface area contributed by atoms with Gasteiger partial charge in [0.2, 0.25) is 0 Å². The van der Waals surface area contributed by atoms with Crippen molar-refractivity contribution in [2.75, 3.05) is 18.6 Å². The standard InChI is InChI=1S/C10H21N3S/c1-4-5-9-6-11-10(13-9)12-8(2)7-14-3/h8-9H,4-7H2,1-3H3,(H2,11,12,13). The van der Waals surface area contributed by atoms with Gasteiger partial charge in [0.05, 0.1) is 6.54 Å². The van der Waals surface area contributed by atoms with Crippen molar-refractivity contribution in [3.8, 4) is 0 Å².